The number of halogens is 3. The molecule has 1 saturated carbocycles. The van der Waals surface area contributed by atoms with Crippen molar-refractivity contribution in [3.63, 3.8) is 0 Å². The first-order chi connectivity index (χ1) is 17.7. The van der Waals surface area contributed by atoms with Crippen molar-refractivity contribution in [2.75, 3.05) is 18.6 Å². The van der Waals surface area contributed by atoms with Gasteiger partial charge in [0.05, 0.1) is 23.6 Å². The lowest BCUT2D eigenvalue weighted by Crippen LogP contribution is -2.48. The van der Waals surface area contributed by atoms with Crippen molar-refractivity contribution in [1.29, 1.82) is 0 Å². The van der Waals surface area contributed by atoms with Crippen LogP contribution in [0.4, 0.5) is 18.9 Å². The summed E-state index contributed by atoms with van der Waals surface area (Å²) in [4.78, 5) is 14.9. The molecule has 0 bridgehead atoms. The highest BCUT2D eigenvalue weighted by molar-refractivity contribution is 6.10. The number of aromatic nitrogens is 3. The summed E-state index contributed by atoms with van der Waals surface area (Å²) in [6.45, 7) is 2.81. The highest BCUT2D eigenvalue weighted by Gasteiger charge is 2.50. The Morgan fingerprint density at radius 2 is 2.00 bits per heavy atom. The highest BCUT2D eigenvalue weighted by atomic mass is 19.4. The number of aryl methyl sites for hydroxylation is 1. The largest absolute Gasteiger partial charge is 0.416 e. The van der Waals surface area contributed by atoms with Gasteiger partial charge in [0.2, 0.25) is 0 Å². The number of hydrogen-bond donors (Lipinski definition) is 1. The number of carbonyl (C=O) groups is 1. The van der Waals surface area contributed by atoms with Crippen LogP contribution in [0.2, 0.25) is 0 Å². The quantitative estimate of drug-likeness (QED) is 0.446. The van der Waals surface area contributed by atoms with Crippen LogP contribution in [-0.4, -0.2) is 40.4 Å². The predicted octanol–water partition coefficient (Wildman–Crippen LogP) is 4.59. The third kappa shape index (κ3) is 4.42. The average Bonchev–Trinajstić information content (AvgIpc) is 3.41. The molecule has 1 N–H and O–H groups in total. The summed E-state index contributed by atoms with van der Waals surface area (Å²) in [5.74, 6) is 0.364. The zero-order chi connectivity index (χ0) is 26.4. The Labute approximate surface area is 213 Å². The molecule has 0 atom stereocenters. The molecule has 0 unspecified atom stereocenters. The van der Waals surface area contributed by atoms with E-state index in [9.17, 15) is 18.0 Å². The summed E-state index contributed by atoms with van der Waals surface area (Å²) in [7, 11) is 3.55. The molecule has 1 aliphatic carbocycles. The van der Waals surface area contributed by atoms with Gasteiger partial charge in [-0.15, -0.1) is 10.2 Å². The van der Waals surface area contributed by atoms with Gasteiger partial charge in [-0.1, -0.05) is 19.1 Å². The van der Waals surface area contributed by atoms with Crippen molar-refractivity contribution in [1.82, 2.24) is 20.1 Å². The van der Waals surface area contributed by atoms with Gasteiger partial charge in [-0.2, -0.15) is 13.2 Å². The first-order valence-corrected chi connectivity index (χ1v) is 12.4. The van der Waals surface area contributed by atoms with Gasteiger partial charge < -0.3 is 19.5 Å². The van der Waals surface area contributed by atoms with Crippen LogP contribution in [0, 0.1) is 0 Å². The number of hydrogen-bond acceptors (Lipinski definition) is 5. The van der Waals surface area contributed by atoms with Crippen molar-refractivity contribution >= 4 is 11.6 Å². The van der Waals surface area contributed by atoms with E-state index < -0.39 is 23.1 Å². The fraction of sp³-hybridized carbons (Fsp3) is 0.444. The highest BCUT2D eigenvalue weighted by Crippen LogP contribution is 2.50. The topological polar surface area (TPSA) is 72.3 Å². The van der Waals surface area contributed by atoms with Crippen molar-refractivity contribution in [2.24, 2.45) is 7.05 Å². The Morgan fingerprint density at radius 3 is 2.65 bits per heavy atom. The van der Waals surface area contributed by atoms with E-state index in [1.54, 1.807) is 25.6 Å². The number of benzene rings is 2. The first-order valence-electron chi connectivity index (χ1n) is 12.4. The Kier molecular flexibility index (Phi) is 6.57. The lowest BCUT2D eigenvalue weighted by atomic mass is 9.62. The predicted molar refractivity (Wildman–Crippen MR) is 132 cm³/mol. The van der Waals surface area contributed by atoms with Crippen LogP contribution >= 0.6 is 0 Å². The third-order valence-electron chi connectivity index (χ3n) is 7.50. The minimum atomic E-state index is -4.56. The number of amides is 1. The van der Waals surface area contributed by atoms with Crippen LogP contribution in [0.3, 0.4) is 0 Å². The molecule has 1 aromatic heterocycles. The van der Waals surface area contributed by atoms with Crippen LogP contribution in [0.5, 0.6) is 0 Å². The lowest BCUT2D eigenvalue weighted by molar-refractivity contribution is -0.138. The van der Waals surface area contributed by atoms with Crippen molar-refractivity contribution in [2.45, 2.75) is 57.0 Å². The van der Waals surface area contributed by atoms with E-state index in [1.165, 1.54) is 4.90 Å². The lowest BCUT2D eigenvalue weighted by Gasteiger charge is -2.46. The minimum absolute atomic E-state index is 0.0215. The molecule has 2 aliphatic rings. The molecule has 10 heteroatoms. The van der Waals surface area contributed by atoms with Crippen molar-refractivity contribution in [3.05, 3.63) is 76.4 Å². The number of methoxy groups -OCH3 is 1. The van der Waals surface area contributed by atoms with Crippen LogP contribution in [0.15, 0.2) is 42.7 Å². The van der Waals surface area contributed by atoms with Crippen LogP contribution < -0.4 is 10.2 Å². The molecule has 0 radical (unpaired) electrons. The van der Waals surface area contributed by atoms with Gasteiger partial charge in [-0.3, -0.25) is 4.79 Å². The van der Waals surface area contributed by atoms with Gasteiger partial charge >= 0.3 is 6.18 Å². The van der Waals surface area contributed by atoms with E-state index in [2.05, 4.69) is 15.5 Å². The summed E-state index contributed by atoms with van der Waals surface area (Å²) in [6, 6.07) is 10.2. The van der Waals surface area contributed by atoms with Gasteiger partial charge in [0.1, 0.15) is 12.2 Å². The fourth-order valence-corrected chi connectivity index (χ4v) is 5.56. The zero-order valence-corrected chi connectivity index (χ0v) is 21.1. The smallest absolute Gasteiger partial charge is 0.381 e. The van der Waals surface area contributed by atoms with Gasteiger partial charge in [0, 0.05) is 32.0 Å². The molecule has 2 heterocycles. The molecule has 1 fully saturated rings. The molecule has 0 saturated heterocycles. The molecule has 37 heavy (non-hydrogen) atoms. The van der Waals surface area contributed by atoms with Crippen LogP contribution in [0.25, 0.3) is 0 Å². The molecule has 5 rings (SSSR count). The minimum Gasteiger partial charge on any atom is -0.381 e. The third-order valence-corrected chi connectivity index (χ3v) is 7.50. The Bertz CT molecular complexity index is 1310. The monoisotopic (exact) mass is 513 g/mol. The number of nitrogens with one attached hydrogen (secondary N) is 1. The van der Waals surface area contributed by atoms with E-state index in [-0.39, 0.29) is 30.3 Å². The van der Waals surface area contributed by atoms with E-state index in [0.717, 1.165) is 23.9 Å². The van der Waals surface area contributed by atoms with Gasteiger partial charge in [0.15, 0.2) is 0 Å². The molecule has 2 aromatic carbocycles. The number of alkyl halides is 3. The molecule has 1 amide bonds. The average molecular weight is 514 g/mol. The summed E-state index contributed by atoms with van der Waals surface area (Å²) in [5.41, 5.74) is 0.867. The van der Waals surface area contributed by atoms with Crippen LogP contribution in [-0.2, 0) is 36.5 Å². The number of anilines is 1. The standard InChI is InChI=1S/C27H30F3N5O2/c1-4-8-31-14-17-9-21-22(23(10-17)27(28,29)30)15-35(24(21)36)19-7-5-6-18(11-19)26(12-20(13-26)37-3)25-33-32-16-34(25)2/h5-7,9-11,16,20,31H,4,8,12-15H2,1-3H3. The number of nitrogens with zero attached hydrogens (tertiary/aromatic N) is 4. The Hall–Kier alpha value is -3.24. The normalized spacial score (nSPS) is 21.3. The molecule has 0 spiro atoms. The maximum atomic E-state index is 14.0. The molecule has 7 nitrogen and oxygen atoms in total. The van der Waals surface area contributed by atoms with Crippen molar-refractivity contribution < 1.29 is 22.7 Å². The second-order valence-electron chi connectivity index (χ2n) is 9.90. The number of carbonyl (C=O) groups excluding carboxylic acids is 1. The Morgan fingerprint density at radius 1 is 1.22 bits per heavy atom. The van der Waals surface area contributed by atoms with Gasteiger partial charge in [-0.05, 0) is 66.8 Å². The molecule has 196 valence electrons. The molecular formula is C27H30F3N5O2. The zero-order valence-electron chi connectivity index (χ0n) is 21.1. The fourth-order valence-electron chi connectivity index (χ4n) is 5.56. The van der Waals surface area contributed by atoms with E-state index >= 15 is 0 Å². The van der Waals surface area contributed by atoms with Crippen LogP contribution in [0.1, 0.15) is 64.6 Å². The van der Waals surface area contributed by atoms with E-state index in [0.29, 0.717) is 30.6 Å². The van der Waals surface area contributed by atoms with E-state index in [1.807, 2.05) is 36.7 Å². The number of fused-ring (bicyclic) bond motifs is 1. The second kappa shape index (κ2) is 9.57. The maximum absolute atomic E-state index is 14.0. The summed E-state index contributed by atoms with van der Waals surface area (Å²) in [5, 5.41) is 11.5. The van der Waals surface area contributed by atoms with Gasteiger partial charge in [0.25, 0.3) is 5.91 Å². The number of ether oxygens (including phenoxy) is 1. The number of rotatable bonds is 8. The molecule has 1 aliphatic heterocycles. The summed E-state index contributed by atoms with van der Waals surface area (Å²) >= 11 is 0. The SMILES string of the molecule is CCCNCc1cc2c(c(C(F)(F)F)c1)CN(c1cccc(C3(c4nncn4C)CC(OC)C3)c1)C2=O. The second-order valence-corrected chi connectivity index (χ2v) is 9.90. The van der Waals surface area contributed by atoms with Crippen molar-refractivity contribution in [3.8, 4) is 0 Å². The Balaban J connectivity index is 1.51. The molecule has 3 aromatic rings. The summed E-state index contributed by atoms with van der Waals surface area (Å²) < 4.78 is 49.5. The van der Waals surface area contributed by atoms with E-state index in [4.69, 9.17) is 4.74 Å². The summed E-state index contributed by atoms with van der Waals surface area (Å²) in [6.07, 6.45) is -0.597. The maximum Gasteiger partial charge on any atom is 0.416 e. The van der Waals surface area contributed by atoms with Gasteiger partial charge in [-0.25, -0.2) is 0 Å². The molecular weight excluding hydrogens is 483 g/mol. The first kappa shape index (κ1) is 25.4.